The summed E-state index contributed by atoms with van der Waals surface area (Å²) in [6, 6.07) is 20.1. The highest BCUT2D eigenvalue weighted by Gasteiger charge is 2.25. The van der Waals surface area contributed by atoms with Crippen LogP contribution < -0.4 is 10.6 Å². The summed E-state index contributed by atoms with van der Waals surface area (Å²) in [5.41, 5.74) is 2.16. The first kappa shape index (κ1) is 21.2. The van der Waals surface area contributed by atoms with Crippen molar-refractivity contribution in [2.24, 2.45) is 4.99 Å². The lowest BCUT2D eigenvalue weighted by Gasteiger charge is -2.21. The van der Waals surface area contributed by atoms with Gasteiger partial charge in [-0.15, -0.1) is 24.0 Å². The lowest BCUT2D eigenvalue weighted by molar-refractivity contribution is -0.114. The maximum atomic E-state index is 12.2. The third-order valence-electron chi connectivity index (χ3n) is 4.52. The average Bonchev–Trinajstić information content (AvgIpc) is 3.17. The van der Waals surface area contributed by atoms with Gasteiger partial charge in [-0.1, -0.05) is 48.5 Å². The average molecular weight is 478 g/mol. The lowest BCUT2D eigenvalue weighted by atomic mass is 9.99. The molecule has 0 spiro atoms. The van der Waals surface area contributed by atoms with Crippen LogP contribution in [0.5, 0.6) is 0 Å². The Morgan fingerprint density at radius 2 is 1.78 bits per heavy atom. The second-order valence-electron chi connectivity index (χ2n) is 6.43. The van der Waals surface area contributed by atoms with Crippen molar-refractivity contribution in [3.8, 4) is 0 Å². The molecule has 1 unspecified atom stereocenters. The SMILES string of the molecule is CCNC(=NCC(=O)Nc1ccccc1)N1CCC(c2ccccc2)C1.I. The molecule has 27 heavy (non-hydrogen) atoms. The Kier molecular flexibility index (Phi) is 8.57. The Balaban J connectivity index is 0.00000261. The number of hydrogen-bond acceptors (Lipinski definition) is 2. The van der Waals surface area contributed by atoms with Gasteiger partial charge in [-0.25, -0.2) is 4.99 Å². The maximum absolute atomic E-state index is 12.2. The Bertz CT molecular complexity index is 736. The van der Waals surface area contributed by atoms with Crippen LogP contribution in [-0.4, -0.2) is 42.9 Å². The van der Waals surface area contributed by atoms with Gasteiger partial charge >= 0.3 is 0 Å². The largest absolute Gasteiger partial charge is 0.357 e. The summed E-state index contributed by atoms with van der Waals surface area (Å²) < 4.78 is 0. The maximum Gasteiger partial charge on any atom is 0.246 e. The lowest BCUT2D eigenvalue weighted by Crippen LogP contribution is -2.40. The standard InChI is InChI=1S/C21H26N4O.HI/c1-2-22-21(23-15-20(26)24-19-11-7-4-8-12-19)25-14-13-18(16-25)17-9-5-3-6-10-17;/h3-12,18H,2,13-16H2,1H3,(H,22,23)(H,24,26);1H. The van der Waals surface area contributed by atoms with Crippen LogP contribution in [0.3, 0.4) is 0 Å². The third kappa shape index (κ3) is 6.23. The van der Waals surface area contributed by atoms with Gasteiger partial charge in [0.15, 0.2) is 5.96 Å². The zero-order valence-corrected chi connectivity index (χ0v) is 17.9. The van der Waals surface area contributed by atoms with Gasteiger partial charge in [-0.3, -0.25) is 4.79 Å². The predicted molar refractivity (Wildman–Crippen MR) is 122 cm³/mol. The number of nitrogens with one attached hydrogen (secondary N) is 2. The Morgan fingerprint density at radius 3 is 2.44 bits per heavy atom. The van der Waals surface area contributed by atoms with E-state index in [-0.39, 0.29) is 36.4 Å². The molecule has 3 rings (SSSR count). The van der Waals surface area contributed by atoms with Gasteiger partial charge in [0.25, 0.3) is 0 Å². The molecule has 1 aliphatic rings. The van der Waals surface area contributed by atoms with Crippen LogP contribution in [0.15, 0.2) is 65.7 Å². The summed E-state index contributed by atoms with van der Waals surface area (Å²) in [6.07, 6.45) is 1.10. The number of hydrogen-bond donors (Lipinski definition) is 2. The highest BCUT2D eigenvalue weighted by Crippen LogP contribution is 2.26. The molecule has 0 aliphatic carbocycles. The number of guanidine groups is 1. The van der Waals surface area contributed by atoms with E-state index in [1.807, 2.05) is 43.3 Å². The third-order valence-corrected chi connectivity index (χ3v) is 4.52. The summed E-state index contributed by atoms with van der Waals surface area (Å²) in [5.74, 6) is 1.22. The van der Waals surface area contributed by atoms with Crippen LogP contribution in [0.4, 0.5) is 5.69 Å². The number of likely N-dealkylation sites (tertiary alicyclic amines) is 1. The molecule has 2 aromatic rings. The molecule has 1 heterocycles. The molecular weight excluding hydrogens is 451 g/mol. The number of anilines is 1. The Labute approximate surface area is 178 Å². The molecular formula is C21H27IN4O. The molecule has 1 saturated heterocycles. The minimum atomic E-state index is -0.106. The van der Waals surface area contributed by atoms with E-state index < -0.39 is 0 Å². The zero-order valence-electron chi connectivity index (χ0n) is 15.6. The number of para-hydroxylation sites is 1. The number of aliphatic imine (C=N–C) groups is 1. The van der Waals surface area contributed by atoms with Gasteiger partial charge < -0.3 is 15.5 Å². The van der Waals surface area contributed by atoms with Crippen molar-refractivity contribution >= 4 is 41.5 Å². The summed E-state index contributed by atoms with van der Waals surface area (Å²) >= 11 is 0. The van der Waals surface area contributed by atoms with E-state index in [2.05, 4.69) is 44.8 Å². The molecule has 6 heteroatoms. The van der Waals surface area contributed by atoms with Gasteiger partial charge in [0, 0.05) is 31.2 Å². The van der Waals surface area contributed by atoms with E-state index in [0.717, 1.165) is 37.7 Å². The van der Waals surface area contributed by atoms with E-state index in [1.54, 1.807) is 0 Å². The first-order valence-electron chi connectivity index (χ1n) is 9.19. The van der Waals surface area contributed by atoms with E-state index in [9.17, 15) is 4.79 Å². The molecule has 1 fully saturated rings. The number of carbonyl (C=O) groups is 1. The van der Waals surface area contributed by atoms with Crippen LogP contribution in [0.25, 0.3) is 0 Å². The first-order chi connectivity index (χ1) is 12.8. The molecule has 0 bridgehead atoms. The molecule has 1 amide bonds. The van der Waals surface area contributed by atoms with Crippen molar-refractivity contribution < 1.29 is 4.79 Å². The molecule has 0 saturated carbocycles. The normalized spacial score (nSPS) is 16.6. The van der Waals surface area contributed by atoms with E-state index in [4.69, 9.17) is 0 Å². The minimum Gasteiger partial charge on any atom is -0.357 e. The van der Waals surface area contributed by atoms with Crippen molar-refractivity contribution in [1.29, 1.82) is 0 Å². The van der Waals surface area contributed by atoms with Crippen molar-refractivity contribution in [2.45, 2.75) is 19.3 Å². The fourth-order valence-corrected chi connectivity index (χ4v) is 3.24. The highest BCUT2D eigenvalue weighted by atomic mass is 127. The molecule has 1 aliphatic heterocycles. The van der Waals surface area contributed by atoms with Crippen LogP contribution in [-0.2, 0) is 4.79 Å². The summed E-state index contributed by atoms with van der Waals surface area (Å²) in [4.78, 5) is 18.9. The number of benzene rings is 2. The number of carbonyl (C=O) groups excluding carboxylic acids is 1. The molecule has 1 atom stereocenters. The van der Waals surface area contributed by atoms with Crippen LogP contribution in [0, 0.1) is 0 Å². The summed E-state index contributed by atoms with van der Waals surface area (Å²) in [7, 11) is 0. The van der Waals surface area contributed by atoms with Crippen LogP contribution in [0.2, 0.25) is 0 Å². The van der Waals surface area contributed by atoms with Crippen molar-refractivity contribution in [3.05, 3.63) is 66.2 Å². The van der Waals surface area contributed by atoms with Gasteiger partial charge in [-0.2, -0.15) is 0 Å². The van der Waals surface area contributed by atoms with Crippen molar-refractivity contribution in [3.63, 3.8) is 0 Å². The van der Waals surface area contributed by atoms with E-state index >= 15 is 0 Å². The van der Waals surface area contributed by atoms with Gasteiger partial charge in [0.1, 0.15) is 6.54 Å². The molecule has 2 aromatic carbocycles. The fraction of sp³-hybridized carbons (Fsp3) is 0.333. The van der Waals surface area contributed by atoms with Gasteiger partial charge in [0.05, 0.1) is 0 Å². The minimum absolute atomic E-state index is 0. The van der Waals surface area contributed by atoms with E-state index in [1.165, 1.54) is 5.56 Å². The topological polar surface area (TPSA) is 56.7 Å². The molecule has 0 aromatic heterocycles. The van der Waals surface area contributed by atoms with Crippen LogP contribution >= 0.6 is 24.0 Å². The van der Waals surface area contributed by atoms with Crippen molar-refractivity contribution in [2.75, 3.05) is 31.5 Å². The predicted octanol–water partition coefficient (Wildman–Crippen LogP) is 3.70. The first-order valence-corrected chi connectivity index (χ1v) is 9.19. The van der Waals surface area contributed by atoms with Gasteiger partial charge in [0.2, 0.25) is 5.91 Å². The molecule has 144 valence electrons. The number of nitrogens with zero attached hydrogens (tertiary/aromatic N) is 2. The number of halogens is 1. The number of amides is 1. The smallest absolute Gasteiger partial charge is 0.246 e. The van der Waals surface area contributed by atoms with E-state index in [0.29, 0.717) is 5.92 Å². The molecule has 0 radical (unpaired) electrons. The van der Waals surface area contributed by atoms with Crippen molar-refractivity contribution in [1.82, 2.24) is 10.2 Å². The fourth-order valence-electron chi connectivity index (χ4n) is 3.24. The molecule has 2 N–H and O–H groups in total. The molecule has 5 nitrogen and oxygen atoms in total. The highest BCUT2D eigenvalue weighted by molar-refractivity contribution is 14.0. The Morgan fingerprint density at radius 1 is 1.11 bits per heavy atom. The summed E-state index contributed by atoms with van der Waals surface area (Å²) in [6.45, 7) is 4.82. The second kappa shape index (κ2) is 10.9. The number of rotatable bonds is 5. The second-order valence-corrected chi connectivity index (χ2v) is 6.43. The Hall–Kier alpha value is -2.09. The quantitative estimate of drug-likeness (QED) is 0.392. The zero-order chi connectivity index (χ0) is 18.2. The summed E-state index contributed by atoms with van der Waals surface area (Å²) in [5, 5.41) is 6.18. The van der Waals surface area contributed by atoms with Crippen LogP contribution in [0.1, 0.15) is 24.8 Å². The van der Waals surface area contributed by atoms with Gasteiger partial charge in [-0.05, 0) is 31.0 Å². The monoisotopic (exact) mass is 478 g/mol.